The smallest absolute Gasteiger partial charge is 0.0799 e. The molecular weight excluding hydrogens is 312 g/mol. The van der Waals surface area contributed by atoms with Crippen molar-refractivity contribution in [2.45, 2.75) is 6.92 Å². The third kappa shape index (κ3) is 2.02. The summed E-state index contributed by atoms with van der Waals surface area (Å²) in [5, 5.41) is 3.71. The molecule has 3 heteroatoms. The molecule has 0 aliphatic rings. The molecule has 0 N–H and O–H groups in total. The summed E-state index contributed by atoms with van der Waals surface area (Å²) in [7, 11) is 0. The van der Waals surface area contributed by atoms with Crippen molar-refractivity contribution in [3.8, 4) is 11.3 Å². The summed E-state index contributed by atoms with van der Waals surface area (Å²) in [5.74, 6) is 0. The molecule has 0 atom stereocenters. The van der Waals surface area contributed by atoms with Crippen LogP contribution >= 0.6 is 11.3 Å². The molecule has 0 radical (unpaired) electrons. The minimum atomic E-state index is 0.992. The Morgan fingerprint density at radius 1 is 0.792 bits per heavy atom. The minimum Gasteiger partial charge on any atom is -0.256 e. The van der Waals surface area contributed by atoms with Gasteiger partial charge in [0.2, 0.25) is 0 Å². The number of thiophene rings is 1. The third-order valence-corrected chi connectivity index (χ3v) is 5.53. The molecule has 0 saturated carbocycles. The number of fused-ring (bicyclic) bond motifs is 4. The Hall–Kier alpha value is -2.78. The van der Waals surface area contributed by atoms with Crippen molar-refractivity contribution in [3.05, 3.63) is 72.6 Å². The van der Waals surface area contributed by atoms with Crippen LogP contribution in [0.15, 0.2) is 66.9 Å². The molecule has 0 amide bonds. The first-order chi connectivity index (χ1) is 11.8. The topological polar surface area (TPSA) is 25.8 Å². The zero-order valence-corrected chi connectivity index (χ0v) is 14.0. The Labute approximate surface area is 143 Å². The van der Waals surface area contributed by atoms with Gasteiger partial charge in [-0.25, -0.2) is 0 Å². The van der Waals surface area contributed by atoms with Crippen molar-refractivity contribution in [2.24, 2.45) is 0 Å². The lowest BCUT2D eigenvalue weighted by molar-refractivity contribution is 1.21. The molecule has 0 saturated heterocycles. The second kappa shape index (κ2) is 5.11. The molecule has 0 fully saturated rings. The summed E-state index contributed by atoms with van der Waals surface area (Å²) in [5.41, 5.74) is 4.14. The highest BCUT2D eigenvalue weighted by Crippen LogP contribution is 2.37. The fraction of sp³-hybridized carbons (Fsp3) is 0.0476. The quantitative estimate of drug-likeness (QED) is 0.379. The van der Waals surface area contributed by atoms with Crippen LogP contribution in [-0.2, 0) is 0 Å². The lowest BCUT2D eigenvalue weighted by Gasteiger charge is -2.07. The molecule has 0 bridgehead atoms. The SMILES string of the molecule is Cc1cc2ncccc2c(-c2ccc3sc4ccccc4c3c2)n1. The van der Waals surface area contributed by atoms with E-state index >= 15 is 0 Å². The van der Waals surface area contributed by atoms with Gasteiger partial charge in [-0.1, -0.05) is 24.3 Å². The summed E-state index contributed by atoms with van der Waals surface area (Å²) in [4.78, 5) is 9.30. The molecular formula is C21H14N2S. The van der Waals surface area contributed by atoms with Crippen LogP contribution in [0.1, 0.15) is 5.69 Å². The van der Waals surface area contributed by atoms with Crippen molar-refractivity contribution in [1.29, 1.82) is 0 Å². The summed E-state index contributed by atoms with van der Waals surface area (Å²) in [6.07, 6.45) is 1.83. The van der Waals surface area contributed by atoms with Crippen LogP contribution < -0.4 is 0 Å². The largest absolute Gasteiger partial charge is 0.256 e. The molecule has 3 heterocycles. The second-order valence-corrected chi connectivity index (χ2v) is 7.08. The average molecular weight is 326 g/mol. The van der Waals surface area contributed by atoms with Crippen LogP contribution in [0, 0.1) is 6.92 Å². The molecule has 0 spiro atoms. The maximum atomic E-state index is 4.81. The van der Waals surface area contributed by atoms with Crippen LogP contribution in [0.2, 0.25) is 0 Å². The highest BCUT2D eigenvalue weighted by Gasteiger charge is 2.10. The standard InChI is InChI=1S/C21H14N2S/c1-13-11-18-16(6-4-10-22-18)21(23-13)14-8-9-20-17(12-14)15-5-2-3-7-19(15)24-20/h2-12H,1H3. The molecule has 114 valence electrons. The Morgan fingerprint density at radius 3 is 2.58 bits per heavy atom. The van der Waals surface area contributed by atoms with Gasteiger partial charge in [-0.05, 0) is 43.3 Å². The summed E-state index contributed by atoms with van der Waals surface area (Å²) in [6.45, 7) is 2.02. The first kappa shape index (κ1) is 13.6. The molecule has 0 aliphatic carbocycles. The number of benzene rings is 2. The molecule has 2 aromatic carbocycles. The van der Waals surface area contributed by atoms with Gasteiger partial charge >= 0.3 is 0 Å². The first-order valence-corrected chi connectivity index (χ1v) is 8.75. The molecule has 5 aromatic rings. The van der Waals surface area contributed by atoms with E-state index in [0.29, 0.717) is 0 Å². The normalized spacial score (nSPS) is 11.5. The lowest BCUT2D eigenvalue weighted by atomic mass is 10.0. The van der Waals surface area contributed by atoms with Crippen molar-refractivity contribution in [3.63, 3.8) is 0 Å². The number of nitrogens with zero attached hydrogens (tertiary/aromatic N) is 2. The number of aromatic nitrogens is 2. The van der Waals surface area contributed by atoms with Gasteiger partial charge in [0, 0.05) is 43.0 Å². The van der Waals surface area contributed by atoms with Crippen molar-refractivity contribution in [1.82, 2.24) is 9.97 Å². The predicted octanol–water partition coefficient (Wildman–Crippen LogP) is 5.97. The number of rotatable bonds is 1. The van der Waals surface area contributed by atoms with E-state index in [1.807, 2.05) is 36.6 Å². The average Bonchev–Trinajstić information content (AvgIpc) is 2.99. The summed E-state index contributed by atoms with van der Waals surface area (Å²) < 4.78 is 2.64. The van der Waals surface area contributed by atoms with Gasteiger partial charge in [-0.2, -0.15) is 0 Å². The van der Waals surface area contributed by atoms with E-state index in [1.54, 1.807) is 0 Å². The van der Waals surface area contributed by atoms with Crippen LogP contribution in [0.25, 0.3) is 42.3 Å². The van der Waals surface area contributed by atoms with Gasteiger partial charge in [-0.15, -0.1) is 11.3 Å². The monoisotopic (exact) mass is 326 g/mol. The molecule has 0 aliphatic heterocycles. The summed E-state index contributed by atoms with van der Waals surface area (Å²) in [6, 6.07) is 21.3. The zero-order valence-electron chi connectivity index (χ0n) is 13.2. The predicted molar refractivity (Wildman–Crippen MR) is 103 cm³/mol. The number of pyridine rings is 2. The van der Waals surface area contributed by atoms with Gasteiger partial charge in [0.05, 0.1) is 11.2 Å². The Bertz CT molecular complexity index is 1220. The molecule has 3 aromatic heterocycles. The summed E-state index contributed by atoms with van der Waals surface area (Å²) >= 11 is 1.84. The van der Waals surface area contributed by atoms with E-state index in [9.17, 15) is 0 Å². The van der Waals surface area contributed by atoms with Crippen LogP contribution in [-0.4, -0.2) is 9.97 Å². The van der Waals surface area contributed by atoms with E-state index in [-0.39, 0.29) is 0 Å². The number of hydrogen-bond donors (Lipinski definition) is 0. The fourth-order valence-electron chi connectivity index (χ4n) is 3.29. The molecule has 5 rings (SSSR count). The first-order valence-electron chi connectivity index (χ1n) is 7.94. The maximum absolute atomic E-state index is 4.81. The van der Waals surface area contributed by atoms with E-state index in [1.165, 1.54) is 20.2 Å². The number of hydrogen-bond acceptors (Lipinski definition) is 3. The highest BCUT2D eigenvalue weighted by molar-refractivity contribution is 7.25. The molecule has 0 unspecified atom stereocenters. The zero-order chi connectivity index (χ0) is 16.1. The van der Waals surface area contributed by atoms with Crippen molar-refractivity contribution < 1.29 is 0 Å². The maximum Gasteiger partial charge on any atom is 0.0799 e. The number of aryl methyl sites for hydroxylation is 1. The van der Waals surface area contributed by atoms with Gasteiger partial charge in [0.25, 0.3) is 0 Å². The van der Waals surface area contributed by atoms with Crippen LogP contribution in [0.3, 0.4) is 0 Å². The Kier molecular flexibility index (Phi) is 2.91. The van der Waals surface area contributed by atoms with E-state index < -0.39 is 0 Å². The molecule has 2 nitrogen and oxygen atoms in total. The van der Waals surface area contributed by atoms with Gasteiger partial charge in [0.1, 0.15) is 0 Å². The van der Waals surface area contributed by atoms with Crippen LogP contribution in [0.5, 0.6) is 0 Å². The second-order valence-electron chi connectivity index (χ2n) is 5.99. The lowest BCUT2D eigenvalue weighted by Crippen LogP contribution is -1.91. The van der Waals surface area contributed by atoms with Gasteiger partial charge < -0.3 is 0 Å². The van der Waals surface area contributed by atoms with Gasteiger partial charge in [0.15, 0.2) is 0 Å². The van der Waals surface area contributed by atoms with E-state index in [4.69, 9.17) is 4.98 Å². The molecule has 24 heavy (non-hydrogen) atoms. The Balaban J connectivity index is 1.85. The van der Waals surface area contributed by atoms with Crippen LogP contribution in [0.4, 0.5) is 0 Å². The Morgan fingerprint density at radius 2 is 1.62 bits per heavy atom. The fourth-order valence-corrected chi connectivity index (χ4v) is 4.38. The van der Waals surface area contributed by atoms with E-state index in [0.717, 1.165) is 27.9 Å². The van der Waals surface area contributed by atoms with Crippen molar-refractivity contribution in [2.75, 3.05) is 0 Å². The minimum absolute atomic E-state index is 0.992. The third-order valence-electron chi connectivity index (χ3n) is 4.38. The van der Waals surface area contributed by atoms with Crippen molar-refractivity contribution >= 4 is 42.4 Å². The van der Waals surface area contributed by atoms with E-state index in [2.05, 4.69) is 53.5 Å². The van der Waals surface area contributed by atoms with Gasteiger partial charge in [-0.3, -0.25) is 9.97 Å². The highest BCUT2D eigenvalue weighted by atomic mass is 32.1.